The lowest BCUT2D eigenvalue weighted by Gasteiger charge is -2.47. The number of allylic oxidation sites excluding steroid dienone is 1. The van der Waals surface area contributed by atoms with Crippen molar-refractivity contribution in [2.24, 2.45) is 9.98 Å². The van der Waals surface area contributed by atoms with Gasteiger partial charge in [0.15, 0.2) is 11.9 Å². The summed E-state index contributed by atoms with van der Waals surface area (Å²) >= 11 is 0. The van der Waals surface area contributed by atoms with Crippen LogP contribution in [-0.4, -0.2) is 29.5 Å². The van der Waals surface area contributed by atoms with Crippen molar-refractivity contribution in [3.05, 3.63) is 72.8 Å². The molecular formula is C23H20F3N4O2+. The summed E-state index contributed by atoms with van der Waals surface area (Å²) in [7, 11) is 0. The Morgan fingerprint density at radius 2 is 1.81 bits per heavy atom. The molecule has 0 spiro atoms. The van der Waals surface area contributed by atoms with Crippen molar-refractivity contribution in [2.45, 2.75) is 31.7 Å². The van der Waals surface area contributed by atoms with Gasteiger partial charge in [-0.1, -0.05) is 18.2 Å². The average Bonchev–Trinajstić information content (AvgIpc) is 3.16. The van der Waals surface area contributed by atoms with E-state index in [2.05, 4.69) is 14.7 Å². The summed E-state index contributed by atoms with van der Waals surface area (Å²) in [5, 5.41) is 1.90. The van der Waals surface area contributed by atoms with E-state index in [1.807, 2.05) is 11.1 Å². The maximum atomic E-state index is 13.4. The molecule has 5 rings (SSSR count). The SMILES string of the molecule is FC(F)(F)Oc1cc(Oc2ccccc2)ccc1N(C1CCC1)[N+]12C=CN=CC1=CN=C2. The molecular weight excluding hydrogens is 421 g/mol. The Kier molecular flexibility index (Phi) is 4.97. The van der Waals surface area contributed by atoms with Crippen LogP contribution in [0, 0.1) is 0 Å². The molecule has 32 heavy (non-hydrogen) atoms. The number of quaternary nitrogens is 1. The Morgan fingerprint density at radius 3 is 2.53 bits per heavy atom. The molecule has 1 aliphatic carbocycles. The molecule has 0 radical (unpaired) electrons. The van der Waals surface area contributed by atoms with Crippen LogP contribution in [0.2, 0.25) is 0 Å². The van der Waals surface area contributed by atoms with Gasteiger partial charge in [-0.2, -0.15) is 0 Å². The number of nitrogens with zero attached hydrogens (tertiary/aromatic N) is 4. The van der Waals surface area contributed by atoms with Crippen molar-refractivity contribution in [3.63, 3.8) is 0 Å². The number of rotatable bonds is 6. The third-order valence-corrected chi connectivity index (χ3v) is 5.61. The zero-order valence-corrected chi connectivity index (χ0v) is 16.9. The lowest BCUT2D eigenvalue weighted by atomic mass is 9.91. The van der Waals surface area contributed by atoms with Gasteiger partial charge in [0.2, 0.25) is 12.0 Å². The van der Waals surface area contributed by atoms with Crippen molar-refractivity contribution >= 4 is 18.2 Å². The monoisotopic (exact) mass is 441 g/mol. The molecule has 0 saturated heterocycles. The fourth-order valence-corrected chi connectivity index (χ4v) is 3.99. The Hall–Kier alpha value is -3.59. The normalized spacial score (nSPS) is 21.7. The van der Waals surface area contributed by atoms with Crippen LogP contribution in [-0.2, 0) is 0 Å². The molecule has 2 aromatic carbocycles. The lowest BCUT2D eigenvalue weighted by Crippen LogP contribution is -2.61. The summed E-state index contributed by atoms with van der Waals surface area (Å²) in [6.07, 6.45) is 6.26. The largest absolute Gasteiger partial charge is 0.573 e. The van der Waals surface area contributed by atoms with E-state index < -0.39 is 6.36 Å². The van der Waals surface area contributed by atoms with Crippen LogP contribution in [0.4, 0.5) is 18.9 Å². The van der Waals surface area contributed by atoms with E-state index in [9.17, 15) is 13.2 Å². The van der Waals surface area contributed by atoms with E-state index in [-0.39, 0.29) is 22.1 Å². The molecule has 1 saturated carbocycles. The van der Waals surface area contributed by atoms with Crippen molar-refractivity contribution in [1.82, 2.24) is 0 Å². The molecule has 164 valence electrons. The minimum absolute atomic E-state index is 0.00979. The molecule has 0 N–H and O–H groups in total. The first kappa shape index (κ1) is 20.3. The summed E-state index contributed by atoms with van der Waals surface area (Å²) in [5.74, 6) is 0.429. The van der Waals surface area contributed by atoms with Crippen LogP contribution in [0.3, 0.4) is 0 Å². The number of para-hydroxylation sites is 1. The van der Waals surface area contributed by atoms with Crippen molar-refractivity contribution < 1.29 is 27.2 Å². The molecule has 9 heteroatoms. The standard InChI is InChI=1S/C23H20F3N4O2/c24-23(25,26)32-22-13-20(31-19-7-2-1-3-8-19)9-10-21(22)29(17-5-4-6-17)30-12-11-27-14-18(30)15-28-16-30/h1-3,7-17H,4-6H2/q+1. The predicted molar refractivity (Wildman–Crippen MR) is 114 cm³/mol. The van der Waals surface area contributed by atoms with E-state index in [4.69, 9.17) is 4.74 Å². The van der Waals surface area contributed by atoms with E-state index in [0.29, 0.717) is 11.4 Å². The first-order valence-electron chi connectivity index (χ1n) is 10.2. The van der Waals surface area contributed by atoms with Crippen LogP contribution in [0.1, 0.15) is 19.3 Å². The van der Waals surface area contributed by atoms with Crippen molar-refractivity contribution in [1.29, 1.82) is 0 Å². The number of ether oxygens (including phenoxy) is 2. The molecule has 3 aliphatic rings. The average molecular weight is 441 g/mol. The van der Waals surface area contributed by atoms with Gasteiger partial charge in [-0.15, -0.1) is 17.8 Å². The third-order valence-electron chi connectivity index (χ3n) is 5.61. The molecule has 0 amide bonds. The van der Waals surface area contributed by atoms with E-state index in [0.717, 1.165) is 25.0 Å². The van der Waals surface area contributed by atoms with E-state index in [1.165, 1.54) is 6.07 Å². The number of aliphatic imine (C=N–C) groups is 2. The molecule has 1 fully saturated rings. The van der Waals surface area contributed by atoms with E-state index >= 15 is 0 Å². The second kappa shape index (κ2) is 7.83. The molecule has 0 aromatic heterocycles. The lowest BCUT2D eigenvalue weighted by molar-refractivity contribution is -0.746. The third kappa shape index (κ3) is 3.75. The van der Waals surface area contributed by atoms with Crippen LogP contribution in [0.15, 0.2) is 82.8 Å². The molecule has 6 nitrogen and oxygen atoms in total. The molecule has 1 unspecified atom stereocenters. The number of anilines is 1. The summed E-state index contributed by atoms with van der Waals surface area (Å²) in [6, 6.07) is 13.4. The summed E-state index contributed by atoms with van der Waals surface area (Å²) in [6.45, 7) is 0. The maximum Gasteiger partial charge on any atom is 0.573 e. The number of halogens is 3. The van der Waals surface area contributed by atoms with Crippen LogP contribution >= 0.6 is 0 Å². The van der Waals surface area contributed by atoms with Gasteiger partial charge in [0.1, 0.15) is 17.2 Å². The van der Waals surface area contributed by atoms with Crippen LogP contribution < -0.4 is 14.5 Å². The van der Waals surface area contributed by atoms with E-state index in [1.54, 1.807) is 67.6 Å². The Morgan fingerprint density at radius 1 is 1.00 bits per heavy atom. The highest BCUT2D eigenvalue weighted by Gasteiger charge is 2.48. The number of fused-ring (bicyclic) bond motifs is 1. The van der Waals surface area contributed by atoms with Gasteiger partial charge < -0.3 is 9.47 Å². The molecule has 2 heterocycles. The Labute approximate surface area is 182 Å². The zero-order valence-electron chi connectivity index (χ0n) is 16.9. The molecule has 0 bridgehead atoms. The van der Waals surface area contributed by atoms with Crippen LogP contribution in [0.25, 0.3) is 0 Å². The van der Waals surface area contributed by atoms with Crippen LogP contribution in [0.5, 0.6) is 17.2 Å². The number of alkyl halides is 3. The number of hydrogen-bond acceptors (Lipinski definition) is 5. The number of benzene rings is 2. The fourth-order valence-electron chi connectivity index (χ4n) is 3.99. The van der Waals surface area contributed by atoms with Crippen molar-refractivity contribution in [2.75, 3.05) is 5.01 Å². The Bertz CT molecular complexity index is 1120. The second-order valence-electron chi connectivity index (χ2n) is 7.65. The first-order chi connectivity index (χ1) is 15.4. The molecule has 2 aromatic rings. The summed E-state index contributed by atoms with van der Waals surface area (Å²) < 4.78 is 50.4. The fraction of sp³-hybridized carbons (Fsp3) is 0.217. The minimum Gasteiger partial charge on any atom is -0.457 e. The molecule has 1 atom stereocenters. The highest BCUT2D eigenvalue weighted by molar-refractivity contribution is 5.82. The van der Waals surface area contributed by atoms with Gasteiger partial charge in [0.25, 0.3) is 0 Å². The highest BCUT2D eigenvalue weighted by atomic mass is 19.4. The topological polar surface area (TPSA) is 46.4 Å². The van der Waals surface area contributed by atoms with Gasteiger partial charge in [0.05, 0.1) is 24.7 Å². The summed E-state index contributed by atoms with van der Waals surface area (Å²) in [5.41, 5.74) is 1.04. The predicted octanol–water partition coefficient (Wildman–Crippen LogP) is 5.91. The quantitative estimate of drug-likeness (QED) is 0.524. The van der Waals surface area contributed by atoms with Gasteiger partial charge in [-0.25, -0.2) is 10.0 Å². The zero-order chi connectivity index (χ0) is 22.2. The number of hydrogen-bond donors (Lipinski definition) is 0. The summed E-state index contributed by atoms with van der Waals surface area (Å²) in [4.78, 5) is 8.44. The van der Waals surface area contributed by atoms with Gasteiger partial charge in [-0.05, 0) is 43.5 Å². The Balaban J connectivity index is 1.59. The molecule has 2 aliphatic heterocycles. The first-order valence-corrected chi connectivity index (χ1v) is 10.2. The van der Waals surface area contributed by atoms with Gasteiger partial charge >= 0.3 is 6.36 Å². The van der Waals surface area contributed by atoms with Crippen molar-refractivity contribution in [3.8, 4) is 17.2 Å². The van der Waals surface area contributed by atoms with Gasteiger partial charge in [0, 0.05) is 6.07 Å². The smallest absolute Gasteiger partial charge is 0.457 e. The minimum atomic E-state index is -4.86. The van der Waals surface area contributed by atoms with Gasteiger partial charge in [-0.3, -0.25) is 4.99 Å². The second-order valence-corrected chi connectivity index (χ2v) is 7.65. The maximum absolute atomic E-state index is 13.4. The highest BCUT2D eigenvalue weighted by Crippen LogP contribution is 2.45.